The van der Waals surface area contributed by atoms with Gasteiger partial charge in [-0.25, -0.2) is 9.59 Å². The van der Waals surface area contributed by atoms with E-state index in [4.69, 9.17) is 16.3 Å². The molecule has 0 aliphatic carbocycles. The molecule has 2 N–H and O–H groups in total. The lowest BCUT2D eigenvalue weighted by Crippen LogP contribution is -2.16. The van der Waals surface area contributed by atoms with Crippen LogP contribution < -0.4 is 10.6 Å². The third-order valence-corrected chi connectivity index (χ3v) is 8.51. The van der Waals surface area contributed by atoms with E-state index in [-0.39, 0.29) is 22.4 Å². The Morgan fingerprint density at radius 3 is 1.71 bits per heavy atom. The zero-order valence-electron chi connectivity index (χ0n) is 28.5. The van der Waals surface area contributed by atoms with Gasteiger partial charge in [0.25, 0.3) is 0 Å². The molecule has 52 heavy (non-hydrogen) atoms. The molecule has 6 aromatic rings. The van der Waals surface area contributed by atoms with Crippen LogP contribution in [-0.4, -0.2) is 21.9 Å². The van der Waals surface area contributed by atoms with Crippen molar-refractivity contribution >= 4 is 46.3 Å². The highest BCUT2D eigenvalue weighted by Crippen LogP contribution is 2.38. The Labute approximate surface area is 303 Å². The highest BCUT2D eigenvalue weighted by molar-refractivity contribution is 6.30. The van der Waals surface area contributed by atoms with E-state index in [0.717, 1.165) is 34.0 Å². The number of nitrogens with one attached hydrogen (secondary N) is 2. The summed E-state index contributed by atoms with van der Waals surface area (Å²) < 4.78 is 46.5. The first-order valence-electron chi connectivity index (χ1n) is 16.1. The van der Waals surface area contributed by atoms with E-state index in [9.17, 15) is 22.8 Å². The number of esters is 2. The number of ether oxygens (including phenoxy) is 1. The number of nitrogens with zero attached hydrogens (tertiary/aromatic N) is 2. The molecule has 0 saturated carbocycles. The van der Waals surface area contributed by atoms with Crippen LogP contribution in [0.5, 0.6) is 0 Å². The highest BCUT2D eigenvalue weighted by Gasteiger charge is 2.34. The quantitative estimate of drug-likeness (QED) is 0.119. The number of anilines is 4. The lowest BCUT2D eigenvalue weighted by molar-refractivity contribution is -0.137. The minimum absolute atomic E-state index is 0.0388. The number of benzene rings is 4. The molecule has 2 aromatic heterocycles. The first-order valence-corrected chi connectivity index (χ1v) is 16.5. The number of hydrogen-bond donors (Lipinski definition) is 2. The van der Waals surface area contributed by atoms with Crippen LogP contribution in [0.4, 0.5) is 35.9 Å². The monoisotopic (exact) mass is 720 g/mol. The van der Waals surface area contributed by atoms with Gasteiger partial charge in [-0.15, -0.1) is 0 Å². The van der Waals surface area contributed by atoms with E-state index < -0.39 is 23.7 Å². The van der Waals surface area contributed by atoms with E-state index >= 15 is 0 Å². The Morgan fingerprint density at radius 2 is 1.19 bits per heavy atom. The number of aromatic nitrogens is 2. The third kappa shape index (κ3) is 7.98. The summed E-state index contributed by atoms with van der Waals surface area (Å²) in [6.45, 7) is 7.18. The van der Waals surface area contributed by atoms with Gasteiger partial charge in [0.2, 0.25) is 0 Å². The van der Waals surface area contributed by atoms with Gasteiger partial charge >= 0.3 is 18.1 Å². The Kier molecular flexibility index (Phi) is 10.1. The number of rotatable bonds is 8. The number of carbonyl (C=O) groups is 2. The molecule has 262 valence electrons. The van der Waals surface area contributed by atoms with E-state index in [2.05, 4.69) is 20.6 Å². The molecule has 0 aliphatic heterocycles. The highest BCUT2D eigenvalue weighted by atomic mass is 35.5. The van der Waals surface area contributed by atoms with Gasteiger partial charge in [-0.3, -0.25) is 9.97 Å². The standard InChI is InChI=1S/C41H32ClF3N4O3/c1-23-12-14-35(48-29-18-25(3)37(46-21-29)27-8-7-9-28(42)20-27)32(16-23)39(50)52-40(51)33-17-24(2)13-15-36(33)49-30-19-26(4)38(47-22-30)31-10-5-6-11-34(31)41(43,44)45/h5-22,48-49H,1-4H3. The van der Waals surface area contributed by atoms with Crippen LogP contribution >= 0.6 is 11.6 Å². The molecule has 0 unspecified atom stereocenters. The molecule has 0 atom stereocenters. The van der Waals surface area contributed by atoms with Crippen LogP contribution in [-0.2, 0) is 10.9 Å². The first-order chi connectivity index (χ1) is 24.8. The second kappa shape index (κ2) is 14.7. The Bertz CT molecular complexity index is 2340. The van der Waals surface area contributed by atoms with Crippen LogP contribution in [0.3, 0.4) is 0 Å². The fourth-order valence-corrected chi connectivity index (χ4v) is 6.01. The zero-order chi connectivity index (χ0) is 37.2. The van der Waals surface area contributed by atoms with Gasteiger partial charge in [0.1, 0.15) is 0 Å². The molecule has 6 rings (SSSR count). The van der Waals surface area contributed by atoms with Crippen molar-refractivity contribution in [2.45, 2.75) is 33.9 Å². The Hall–Kier alpha value is -6.00. The van der Waals surface area contributed by atoms with Crippen LogP contribution in [0.15, 0.2) is 109 Å². The Balaban J connectivity index is 1.22. The van der Waals surface area contributed by atoms with Gasteiger partial charge < -0.3 is 15.4 Å². The molecule has 2 heterocycles. The molecular formula is C41H32ClF3N4O3. The van der Waals surface area contributed by atoms with Crippen molar-refractivity contribution in [2.24, 2.45) is 0 Å². The molecule has 0 spiro atoms. The minimum atomic E-state index is -4.55. The number of halogens is 4. The summed E-state index contributed by atoms with van der Waals surface area (Å²) >= 11 is 6.18. The van der Waals surface area contributed by atoms with Crippen molar-refractivity contribution in [1.82, 2.24) is 9.97 Å². The zero-order valence-corrected chi connectivity index (χ0v) is 29.3. The first kappa shape index (κ1) is 35.8. The fourth-order valence-electron chi connectivity index (χ4n) is 5.82. The van der Waals surface area contributed by atoms with Crippen molar-refractivity contribution in [3.8, 4) is 22.5 Å². The molecular weight excluding hydrogens is 689 g/mol. The Morgan fingerprint density at radius 1 is 0.654 bits per heavy atom. The summed E-state index contributed by atoms with van der Waals surface area (Å²) in [7, 11) is 0. The SMILES string of the molecule is Cc1ccc(Nc2cnc(-c3cccc(Cl)c3)c(C)c2)c(C(=O)OC(=O)c2cc(C)ccc2Nc2cnc(-c3ccccc3C(F)(F)F)c(C)c2)c1. The van der Waals surface area contributed by atoms with Crippen molar-refractivity contribution in [1.29, 1.82) is 0 Å². The van der Waals surface area contributed by atoms with Gasteiger partial charge in [0, 0.05) is 16.1 Å². The average Bonchev–Trinajstić information content (AvgIpc) is 3.09. The van der Waals surface area contributed by atoms with E-state index in [0.29, 0.717) is 33.3 Å². The maximum atomic E-state index is 13.7. The molecule has 4 aromatic carbocycles. The maximum absolute atomic E-state index is 13.7. The van der Waals surface area contributed by atoms with Crippen LogP contribution in [0, 0.1) is 27.7 Å². The lowest BCUT2D eigenvalue weighted by atomic mass is 10.00. The summed E-state index contributed by atoms with van der Waals surface area (Å²) in [6, 6.07) is 26.4. The van der Waals surface area contributed by atoms with Gasteiger partial charge in [0.15, 0.2) is 0 Å². The predicted molar refractivity (Wildman–Crippen MR) is 198 cm³/mol. The summed E-state index contributed by atoms with van der Waals surface area (Å²) in [4.78, 5) is 36.1. The van der Waals surface area contributed by atoms with Crippen LogP contribution in [0.2, 0.25) is 5.02 Å². The van der Waals surface area contributed by atoms with Crippen molar-refractivity contribution in [2.75, 3.05) is 10.6 Å². The summed E-state index contributed by atoms with van der Waals surface area (Å²) in [5.74, 6) is -1.76. The topological polar surface area (TPSA) is 93.2 Å². The predicted octanol–water partition coefficient (Wildman–Crippen LogP) is 11.2. The number of pyridine rings is 2. The summed E-state index contributed by atoms with van der Waals surface area (Å²) in [6.07, 6.45) is -1.52. The van der Waals surface area contributed by atoms with E-state index in [1.165, 1.54) is 24.4 Å². The van der Waals surface area contributed by atoms with Crippen molar-refractivity contribution < 1.29 is 27.5 Å². The fraction of sp³-hybridized carbons (Fsp3) is 0.122. The van der Waals surface area contributed by atoms with E-state index in [1.807, 2.05) is 44.2 Å². The van der Waals surface area contributed by atoms with Crippen molar-refractivity contribution in [3.63, 3.8) is 0 Å². The largest absolute Gasteiger partial charge is 0.417 e. The van der Waals surface area contributed by atoms with Crippen molar-refractivity contribution in [3.05, 3.63) is 153 Å². The van der Waals surface area contributed by atoms with Gasteiger partial charge in [-0.2, -0.15) is 13.2 Å². The molecule has 0 fully saturated rings. The lowest BCUT2D eigenvalue weighted by Gasteiger charge is -2.16. The molecule has 0 amide bonds. The van der Waals surface area contributed by atoms with Gasteiger partial charge in [0.05, 0.1) is 63.2 Å². The molecule has 0 radical (unpaired) electrons. The maximum Gasteiger partial charge on any atom is 0.417 e. The third-order valence-electron chi connectivity index (χ3n) is 8.28. The molecule has 0 saturated heterocycles. The number of carbonyl (C=O) groups excluding carboxylic acids is 2. The smallest absolute Gasteiger partial charge is 0.386 e. The van der Waals surface area contributed by atoms with Crippen LogP contribution in [0.25, 0.3) is 22.5 Å². The molecule has 0 aliphatic rings. The van der Waals surface area contributed by atoms with Crippen LogP contribution in [0.1, 0.15) is 48.5 Å². The molecule has 0 bridgehead atoms. The average molecular weight is 721 g/mol. The van der Waals surface area contributed by atoms with E-state index in [1.54, 1.807) is 62.5 Å². The van der Waals surface area contributed by atoms with Gasteiger partial charge in [-0.05, 0) is 93.4 Å². The normalized spacial score (nSPS) is 11.2. The number of alkyl halides is 3. The minimum Gasteiger partial charge on any atom is -0.386 e. The summed E-state index contributed by atoms with van der Waals surface area (Å²) in [5, 5.41) is 6.94. The van der Waals surface area contributed by atoms with Gasteiger partial charge in [-0.1, -0.05) is 65.2 Å². The second-order valence-electron chi connectivity index (χ2n) is 12.4. The summed E-state index contributed by atoms with van der Waals surface area (Å²) in [5.41, 5.74) is 5.85. The number of aryl methyl sites for hydroxylation is 4. The second-order valence-corrected chi connectivity index (χ2v) is 12.8. The number of hydrogen-bond acceptors (Lipinski definition) is 7. The molecule has 7 nitrogen and oxygen atoms in total. The molecule has 11 heteroatoms.